The largest absolute Gasteiger partial charge is 0.457 e. The first-order valence-electron chi connectivity index (χ1n) is 5.10. The molecule has 82 valence electrons. The van der Waals surface area contributed by atoms with Crippen LogP contribution in [0.25, 0.3) is 0 Å². The number of anilines is 2. The number of ether oxygens (including phenoxy) is 1. The van der Waals surface area contributed by atoms with Crippen molar-refractivity contribution < 1.29 is 4.74 Å². The van der Waals surface area contributed by atoms with Gasteiger partial charge in [-0.15, -0.1) is 0 Å². The summed E-state index contributed by atoms with van der Waals surface area (Å²) in [5, 5.41) is 3.01. The molecule has 0 spiro atoms. The molecule has 16 heavy (non-hydrogen) atoms. The minimum Gasteiger partial charge on any atom is -0.457 e. The first-order valence-corrected chi connectivity index (χ1v) is 5.10. The van der Waals surface area contributed by atoms with E-state index in [9.17, 15) is 0 Å². The van der Waals surface area contributed by atoms with E-state index in [1.165, 1.54) is 0 Å². The van der Waals surface area contributed by atoms with Gasteiger partial charge in [0.15, 0.2) is 0 Å². The molecular weight excluding hydrogens is 200 g/mol. The van der Waals surface area contributed by atoms with Crippen LogP contribution in [0.2, 0.25) is 0 Å². The summed E-state index contributed by atoms with van der Waals surface area (Å²) in [5.41, 5.74) is 7.42. The van der Waals surface area contributed by atoms with Crippen LogP contribution in [0.5, 0.6) is 11.5 Å². The number of rotatable bonds is 3. The maximum Gasteiger partial charge on any atom is 0.129 e. The SMILES string of the molecule is CNc1ccc(Oc2ccccc2)cc1N. The number of hydrogen-bond acceptors (Lipinski definition) is 3. The van der Waals surface area contributed by atoms with Crippen LogP contribution in [0.4, 0.5) is 11.4 Å². The molecule has 0 aliphatic heterocycles. The molecule has 3 N–H and O–H groups in total. The lowest BCUT2D eigenvalue weighted by Crippen LogP contribution is -1.95. The van der Waals surface area contributed by atoms with E-state index in [1.807, 2.05) is 49.5 Å². The van der Waals surface area contributed by atoms with Gasteiger partial charge in [0.25, 0.3) is 0 Å². The van der Waals surface area contributed by atoms with Crippen molar-refractivity contribution in [2.45, 2.75) is 0 Å². The summed E-state index contributed by atoms with van der Waals surface area (Å²) in [6.45, 7) is 0. The molecule has 0 unspecified atom stereocenters. The highest BCUT2D eigenvalue weighted by molar-refractivity contribution is 5.67. The van der Waals surface area contributed by atoms with E-state index in [2.05, 4.69) is 5.32 Å². The molecule has 0 saturated heterocycles. The van der Waals surface area contributed by atoms with Crippen LogP contribution in [-0.4, -0.2) is 7.05 Å². The van der Waals surface area contributed by atoms with Crippen LogP contribution in [0.15, 0.2) is 48.5 Å². The van der Waals surface area contributed by atoms with Gasteiger partial charge in [0, 0.05) is 13.1 Å². The van der Waals surface area contributed by atoms with Crippen molar-refractivity contribution in [3.63, 3.8) is 0 Å². The van der Waals surface area contributed by atoms with Gasteiger partial charge in [-0.1, -0.05) is 18.2 Å². The van der Waals surface area contributed by atoms with Crippen LogP contribution in [0.1, 0.15) is 0 Å². The number of nitrogens with one attached hydrogen (secondary N) is 1. The van der Waals surface area contributed by atoms with Crippen molar-refractivity contribution in [2.24, 2.45) is 0 Å². The van der Waals surface area contributed by atoms with E-state index in [-0.39, 0.29) is 0 Å². The zero-order valence-corrected chi connectivity index (χ0v) is 9.10. The third-order valence-corrected chi connectivity index (χ3v) is 2.27. The van der Waals surface area contributed by atoms with Crippen LogP contribution in [-0.2, 0) is 0 Å². The fraction of sp³-hybridized carbons (Fsp3) is 0.0769. The summed E-state index contributed by atoms with van der Waals surface area (Å²) in [7, 11) is 1.84. The Hall–Kier alpha value is -2.16. The standard InChI is InChI=1S/C13H14N2O/c1-15-13-8-7-11(9-12(13)14)16-10-5-3-2-4-6-10/h2-9,15H,14H2,1H3. The first kappa shape index (κ1) is 10.4. The van der Waals surface area contributed by atoms with Gasteiger partial charge in [-0.2, -0.15) is 0 Å². The van der Waals surface area contributed by atoms with E-state index in [1.54, 1.807) is 6.07 Å². The molecule has 0 bridgehead atoms. The summed E-state index contributed by atoms with van der Waals surface area (Å²) in [4.78, 5) is 0. The Morgan fingerprint density at radius 3 is 2.38 bits per heavy atom. The lowest BCUT2D eigenvalue weighted by Gasteiger charge is -2.09. The van der Waals surface area contributed by atoms with Crippen molar-refractivity contribution in [3.8, 4) is 11.5 Å². The van der Waals surface area contributed by atoms with Crippen LogP contribution in [0, 0.1) is 0 Å². The molecule has 0 aliphatic carbocycles. The molecular formula is C13H14N2O. The molecule has 3 nitrogen and oxygen atoms in total. The van der Waals surface area contributed by atoms with Crippen molar-refractivity contribution in [3.05, 3.63) is 48.5 Å². The lowest BCUT2D eigenvalue weighted by molar-refractivity contribution is 0.483. The highest BCUT2D eigenvalue weighted by Crippen LogP contribution is 2.27. The zero-order chi connectivity index (χ0) is 11.4. The third kappa shape index (κ3) is 2.25. The fourth-order valence-electron chi connectivity index (χ4n) is 1.46. The molecule has 2 rings (SSSR count). The summed E-state index contributed by atoms with van der Waals surface area (Å²) >= 11 is 0. The average Bonchev–Trinajstić information content (AvgIpc) is 2.31. The predicted octanol–water partition coefficient (Wildman–Crippen LogP) is 3.10. The van der Waals surface area contributed by atoms with Crippen molar-refractivity contribution in [1.82, 2.24) is 0 Å². The van der Waals surface area contributed by atoms with Gasteiger partial charge in [-0.3, -0.25) is 0 Å². The highest BCUT2D eigenvalue weighted by Gasteiger charge is 2.00. The summed E-state index contributed by atoms with van der Waals surface area (Å²) in [6, 6.07) is 15.2. The van der Waals surface area contributed by atoms with Gasteiger partial charge >= 0.3 is 0 Å². The Morgan fingerprint density at radius 2 is 1.75 bits per heavy atom. The molecule has 3 heteroatoms. The number of nitrogen functional groups attached to an aromatic ring is 1. The first-order chi connectivity index (χ1) is 7.79. The zero-order valence-electron chi connectivity index (χ0n) is 9.10. The molecule has 0 fully saturated rings. The minimum atomic E-state index is 0.677. The van der Waals surface area contributed by atoms with E-state index in [0.29, 0.717) is 5.69 Å². The van der Waals surface area contributed by atoms with Gasteiger partial charge in [-0.25, -0.2) is 0 Å². The molecule has 2 aromatic rings. The van der Waals surface area contributed by atoms with E-state index in [0.717, 1.165) is 17.2 Å². The predicted molar refractivity (Wildman–Crippen MR) is 66.9 cm³/mol. The molecule has 0 radical (unpaired) electrons. The second-order valence-corrected chi connectivity index (χ2v) is 3.41. The minimum absolute atomic E-state index is 0.677. The van der Waals surface area contributed by atoms with Gasteiger partial charge in [-0.05, 0) is 24.3 Å². The second kappa shape index (κ2) is 4.57. The third-order valence-electron chi connectivity index (χ3n) is 2.27. The quantitative estimate of drug-likeness (QED) is 0.772. The monoisotopic (exact) mass is 214 g/mol. The lowest BCUT2D eigenvalue weighted by atomic mass is 10.2. The van der Waals surface area contributed by atoms with Crippen molar-refractivity contribution >= 4 is 11.4 Å². The summed E-state index contributed by atoms with van der Waals surface area (Å²) in [5.74, 6) is 1.54. The van der Waals surface area contributed by atoms with Gasteiger partial charge < -0.3 is 15.8 Å². The van der Waals surface area contributed by atoms with E-state index < -0.39 is 0 Å². The topological polar surface area (TPSA) is 47.3 Å². The second-order valence-electron chi connectivity index (χ2n) is 3.41. The molecule has 0 aliphatic rings. The van der Waals surface area contributed by atoms with Gasteiger partial charge in [0.05, 0.1) is 11.4 Å². The molecule has 0 amide bonds. The molecule has 0 aromatic heterocycles. The van der Waals surface area contributed by atoms with E-state index in [4.69, 9.17) is 10.5 Å². The maximum absolute atomic E-state index is 5.84. The maximum atomic E-state index is 5.84. The van der Waals surface area contributed by atoms with Gasteiger partial charge in [0.1, 0.15) is 11.5 Å². The van der Waals surface area contributed by atoms with Crippen molar-refractivity contribution in [1.29, 1.82) is 0 Å². The Balaban J connectivity index is 2.20. The fourth-order valence-corrected chi connectivity index (χ4v) is 1.46. The van der Waals surface area contributed by atoms with Crippen LogP contribution in [0.3, 0.4) is 0 Å². The van der Waals surface area contributed by atoms with Crippen LogP contribution >= 0.6 is 0 Å². The normalized spacial score (nSPS) is 9.81. The number of benzene rings is 2. The Kier molecular flexibility index (Phi) is 2.96. The molecule has 0 saturated carbocycles. The molecule has 2 aromatic carbocycles. The van der Waals surface area contributed by atoms with E-state index >= 15 is 0 Å². The number of nitrogens with two attached hydrogens (primary N) is 1. The Morgan fingerprint density at radius 1 is 1.00 bits per heavy atom. The highest BCUT2D eigenvalue weighted by atomic mass is 16.5. The van der Waals surface area contributed by atoms with Crippen molar-refractivity contribution in [2.75, 3.05) is 18.1 Å². The molecule has 0 heterocycles. The molecule has 0 atom stereocenters. The Labute approximate surface area is 94.9 Å². The van der Waals surface area contributed by atoms with Gasteiger partial charge in [0.2, 0.25) is 0 Å². The summed E-state index contributed by atoms with van der Waals surface area (Å²) < 4.78 is 5.65. The average molecular weight is 214 g/mol. The number of hydrogen-bond donors (Lipinski definition) is 2. The Bertz CT molecular complexity index is 469. The number of para-hydroxylation sites is 1. The summed E-state index contributed by atoms with van der Waals surface area (Å²) in [6.07, 6.45) is 0. The van der Waals surface area contributed by atoms with Crippen LogP contribution < -0.4 is 15.8 Å². The smallest absolute Gasteiger partial charge is 0.129 e.